The van der Waals surface area contributed by atoms with Crippen molar-refractivity contribution in [1.82, 2.24) is 5.43 Å². The first-order chi connectivity index (χ1) is 9.28. The summed E-state index contributed by atoms with van der Waals surface area (Å²) in [4.78, 5) is 1.04. The van der Waals surface area contributed by atoms with Gasteiger partial charge in [0, 0.05) is 9.58 Å². The summed E-state index contributed by atoms with van der Waals surface area (Å²) >= 11 is 1.53. The van der Waals surface area contributed by atoms with Crippen molar-refractivity contribution in [1.29, 1.82) is 0 Å². The number of allylic oxidation sites excluding steroid dienone is 1. The molecule has 0 radical (unpaired) electrons. The molecule has 2 heterocycles. The van der Waals surface area contributed by atoms with Crippen molar-refractivity contribution in [2.45, 2.75) is 18.9 Å². The molecule has 3 N–H and O–H groups in total. The number of nitrogens with one attached hydrogen (secondary N) is 1. The largest absolute Gasteiger partial charge is 0.496 e. The maximum absolute atomic E-state index is 13.2. The summed E-state index contributed by atoms with van der Waals surface area (Å²) < 4.78 is 19.8. The zero-order valence-corrected chi connectivity index (χ0v) is 11.2. The monoisotopic (exact) mass is 278 g/mol. The average molecular weight is 278 g/mol. The highest BCUT2D eigenvalue weighted by Gasteiger charge is 2.20. The van der Waals surface area contributed by atoms with Crippen LogP contribution in [-0.4, -0.2) is 6.61 Å². The van der Waals surface area contributed by atoms with Crippen LogP contribution in [0.1, 0.15) is 23.8 Å². The predicted molar refractivity (Wildman–Crippen MR) is 75.1 cm³/mol. The molecule has 1 aliphatic heterocycles. The SMILES string of the molecule is NNC(C1=CCCCO1)c1cc2ccc(F)cc2s1. The zero-order chi connectivity index (χ0) is 13.2. The normalized spacial score (nSPS) is 17.1. The van der Waals surface area contributed by atoms with Crippen LogP contribution in [0.3, 0.4) is 0 Å². The highest BCUT2D eigenvalue weighted by molar-refractivity contribution is 7.19. The lowest BCUT2D eigenvalue weighted by Gasteiger charge is -2.22. The van der Waals surface area contributed by atoms with E-state index in [1.54, 1.807) is 12.1 Å². The maximum Gasteiger partial charge on any atom is 0.124 e. The molecular weight excluding hydrogens is 263 g/mol. The topological polar surface area (TPSA) is 47.3 Å². The summed E-state index contributed by atoms with van der Waals surface area (Å²) in [6, 6.07) is 6.69. The van der Waals surface area contributed by atoms with E-state index in [4.69, 9.17) is 10.6 Å². The second-order valence-corrected chi connectivity index (χ2v) is 5.64. The lowest BCUT2D eigenvalue weighted by Crippen LogP contribution is -2.30. The number of hydrogen-bond donors (Lipinski definition) is 2. The van der Waals surface area contributed by atoms with Gasteiger partial charge in [-0.25, -0.2) is 9.82 Å². The van der Waals surface area contributed by atoms with E-state index in [0.29, 0.717) is 0 Å². The van der Waals surface area contributed by atoms with Crippen molar-refractivity contribution >= 4 is 21.4 Å². The van der Waals surface area contributed by atoms with Gasteiger partial charge in [-0.15, -0.1) is 11.3 Å². The zero-order valence-electron chi connectivity index (χ0n) is 10.4. The van der Waals surface area contributed by atoms with Crippen LogP contribution in [0.4, 0.5) is 4.39 Å². The molecule has 19 heavy (non-hydrogen) atoms. The van der Waals surface area contributed by atoms with E-state index in [1.165, 1.54) is 17.4 Å². The molecule has 0 spiro atoms. The average Bonchev–Trinajstić information content (AvgIpc) is 2.83. The summed E-state index contributed by atoms with van der Waals surface area (Å²) in [5.74, 6) is 6.29. The third-order valence-electron chi connectivity index (χ3n) is 3.20. The Balaban J connectivity index is 1.98. The molecule has 3 rings (SSSR count). The van der Waals surface area contributed by atoms with Gasteiger partial charge in [-0.1, -0.05) is 6.07 Å². The first-order valence-electron chi connectivity index (χ1n) is 6.26. The van der Waals surface area contributed by atoms with E-state index >= 15 is 0 Å². The Morgan fingerprint density at radius 1 is 1.37 bits per heavy atom. The Hall–Kier alpha value is -1.43. The summed E-state index contributed by atoms with van der Waals surface area (Å²) in [5, 5.41) is 1.03. The van der Waals surface area contributed by atoms with Gasteiger partial charge in [0.2, 0.25) is 0 Å². The van der Waals surface area contributed by atoms with Crippen LogP contribution >= 0.6 is 11.3 Å². The standard InChI is InChI=1S/C14H15FN2OS/c15-10-5-4-9-7-13(19-12(9)8-10)14(17-16)11-3-1-2-6-18-11/h3-5,7-8,14,17H,1-2,6,16H2. The molecule has 5 heteroatoms. The molecule has 3 nitrogen and oxygen atoms in total. The summed E-state index contributed by atoms with van der Waals surface area (Å²) in [6.07, 6.45) is 4.12. The van der Waals surface area contributed by atoms with Gasteiger partial charge in [0.25, 0.3) is 0 Å². The number of ether oxygens (including phenoxy) is 1. The van der Waals surface area contributed by atoms with E-state index < -0.39 is 0 Å². The van der Waals surface area contributed by atoms with Crippen molar-refractivity contribution in [3.63, 3.8) is 0 Å². The Kier molecular flexibility index (Phi) is 3.50. The second-order valence-electron chi connectivity index (χ2n) is 4.53. The van der Waals surface area contributed by atoms with Gasteiger partial charge in [0.05, 0.1) is 6.61 Å². The molecule has 100 valence electrons. The third kappa shape index (κ3) is 2.49. The van der Waals surface area contributed by atoms with Crippen LogP contribution in [0.5, 0.6) is 0 Å². The fourth-order valence-corrected chi connectivity index (χ4v) is 3.41. The fraction of sp³-hybridized carbons (Fsp3) is 0.286. The molecule has 0 saturated carbocycles. The summed E-state index contributed by atoms with van der Waals surface area (Å²) in [5.41, 5.74) is 2.79. The number of rotatable bonds is 3. The van der Waals surface area contributed by atoms with Gasteiger partial charge in [-0.2, -0.15) is 0 Å². The highest BCUT2D eigenvalue weighted by Crippen LogP contribution is 2.34. The number of hydrogen-bond acceptors (Lipinski definition) is 4. The van der Waals surface area contributed by atoms with Crippen molar-refractivity contribution in [3.05, 3.63) is 46.8 Å². The van der Waals surface area contributed by atoms with Crippen molar-refractivity contribution < 1.29 is 9.13 Å². The molecule has 0 amide bonds. The summed E-state index contributed by atoms with van der Waals surface area (Å²) in [7, 11) is 0. The number of fused-ring (bicyclic) bond motifs is 1. The molecule has 0 aliphatic carbocycles. The smallest absolute Gasteiger partial charge is 0.124 e. The lowest BCUT2D eigenvalue weighted by molar-refractivity contribution is 0.168. The van der Waals surface area contributed by atoms with Crippen LogP contribution in [0, 0.1) is 5.82 Å². The van der Waals surface area contributed by atoms with Gasteiger partial charge in [0.15, 0.2) is 0 Å². The predicted octanol–water partition coefficient (Wildman–Crippen LogP) is 3.24. The molecule has 0 bridgehead atoms. The highest BCUT2D eigenvalue weighted by atomic mass is 32.1. The lowest BCUT2D eigenvalue weighted by atomic mass is 10.1. The van der Waals surface area contributed by atoms with E-state index in [-0.39, 0.29) is 11.9 Å². The third-order valence-corrected chi connectivity index (χ3v) is 4.36. The van der Waals surface area contributed by atoms with E-state index in [1.807, 2.05) is 6.07 Å². The Morgan fingerprint density at radius 2 is 2.26 bits per heavy atom. The minimum atomic E-state index is -0.216. The van der Waals surface area contributed by atoms with Crippen LogP contribution in [0.15, 0.2) is 36.1 Å². The Labute approximate surface area is 114 Å². The van der Waals surface area contributed by atoms with Gasteiger partial charge in [-0.3, -0.25) is 5.84 Å². The number of halogens is 1. The molecule has 0 fully saturated rings. The first kappa shape index (κ1) is 12.6. The number of benzene rings is 1. The number of nitrogens with two attached hydrogens (primary N) is 1. The molecule has 1 aromatic carbocycles. The number of hydrazine groups is 1. The minimum Gasteiger partial charge on any atom is -0.496 e. The molecule has 0 saturated heterocycles. The van der Waals surface area contributed by atoms with Crippen molar-refractivity contribution in [3.8, 4) is 0 Å². The molecule has 1 unspecified atom stereocenters. The molecule has 2 aromatic rings. The van der Waals surface area contributed by atoms with Crippen LogP contribution in [-0.2, 0) is 4.74 Å². The van der Waals surface area contributed by atoms with Crippen LogP contribution in [0.25, 0.3) is 10.1 Å². The van der Waals surface area contributed by atoms with Gasteiger partial charge < -0.3 is 4.74 Å². The quantitative estimate of drug-likeness (QED) is 0.669. The maximum atomic E-state index is 13.2. The van der Waals surface area contributed by atoms with E-state index in [0.717, 1.165) is 40.2 Å². The molecular formula is C14H15FN2OS. The van der Waals surface area contributed by atoms with Gasteiger partial charge in [0.1, 0.15) is 17.6 Å². The van der Waals surface area contributed by atoms with Crippen molar-refractivity contribution in [2.75, 3.05) is 6.61 Å². The first-order valence-corrected chi connectivity index (χ1v) is 7.07. The van der Waals surface area contributed by atoms with Gasteiger partial charge >= 0.3 is 0 Å². The molecule has 1 aromatic heterocycles. The van der Waals surface area contributed by atoms with E-state index in [2.05, 4.69) is 11.5 Å². The fourth-order valence-electron chi connectivity index (χ4n) is 2.25. The van der Waals surface area contributed by atoms with Gasteiger partial charge in [-0.05, 0) is 42.5 Å². The minimum absolute atomic E-state index is 0.152. The van der Waals surface area contributed by atoms with Crippen molar-refractivity contribution in [2.24, 2.45) is 5.84 Å². The second kappa shape index (κ2) is 5.28. The summed E-state index contributed by atoms with van der Waals surface area (Å²) in [6.45, 7) is 0.726. The Bertz CT molecular complexity index is 623. The number of thiophene rings is 1. The van der Waals surface area contributed by atoms with E-state index in [9.17, 15) is 4.39 Å². The Morgan fingerprint density at radius 3 is 3.00 bits per heavy atom. The molecule has 1 atom stereocenters. The van der Waals surface area contributed by atoms with Crippen LogP contribution in [0.2, 0.25) is 0 Å². The van der Waals surface area contributed by atoms with Crippen LogP contribution < -0.4 is 11.3 Å². The molecule has 1 aliphatic rings.